The van der Waals surface area contributed by atoms with E-state index in [0.717, 1.165) is 49.9 Å². The summed E-state index contributed by atoms with van der Waals surface area (Å²) in [4.78, 5) is 25.2. The van der Waals surface area contributed by atoms with E-state index >= 15 is 0 Å². The van der Waals surface area contributed by atoms with Crippen LogP contribution in [0.4, 0.5) is 0 Å². The molecule has 2 aliphatic rings. The largest absolute Gasteiger partial charge is 0.348 e. The highest BCUT2D eigenvalue weighted by Crippen LogP contribution is 2.41. The highest BCUT2D eigenvalue weighted by molar-refractivity contribution is 5.97. The third-order valence-corrected chi connectivity index (χ3v) is 6.03. The molecule has 5 rings (SSSR count). The van der Waals surface area contributed by atoms with Crippen LogP contribution >= 0.6 is 0 Å². The number of nitrogens with one attached hydrogen (secondary N) is 2. The molecular weight excluding hydrogens is 330 g/mol. The number of likely N-dealkylation sites (N-methyl/N-ethyl adjacent to an activating group) is 1. The summed E-state index contributed by atoms with van der Waals surface area (Å²) in [6.07, 6.45) is 4.61. The van der Waals surface area contributed by atoms with Crippen molar-refractivity contribution in [2.45, 2.75) is 24.8 Å². The van der Waals surface area contributed by atoms with Gasteiger partial charge in [0, 0.05) is 37.3 Å². The van der Waals surface area contributed by atoms with Gasteiger partial charge in [0.05, 0.1) is 17.6 Å². The van der Waals surface area contributed by atoms with Crippen molar-refractivity contribution < 1.29 is 4.79 Å². The molecule has 134 valence electrons. The van der Waals surface area contributed by atoms with E-state index in [1.165, 1.54) is 11.4 Å². The van der Waals surface area contributed by atoms with Crippen LogP contribution in [0.3, 0.4) is 0 Å². The summed E-state index contributed by atoms with van der Waals surface area (Å²) >= 11 is 0. The fourth-order valence-corrected chi connectivity index (χ4v) is 4.44. The molecule has 4 heterocycles. The van der Waals surface area contributed by atoms with E-state index in [9.17, 15) is 4.79 Å². The Labute approximate surface area is 150 Å². The zero-order chi connectivity index (χ0) is 17.7. The van der Waals surface area contributed by atoms with E-state index in [-0.39, 0.29) is 11.4 Å². The maximum atomic E-state index is 12.9. The second kappa shape index (κ2) is 5.63. The van der Waals surface area contributed by atoms with Crippen LogP contribution in [0.15, 0.2) is 24.5 Å². The number of rotatable bonds is 1. The van der Waals surface area contributed by atoms with Gasteiger partial charge < -0.3 is 9.88 Å². The summed E-state index contributed by atoms with van der Waals surface area (Å²) in [6, 6.07) is 5.47. The number of nitrogens with zero attached hydrogens (tertiary/aromatic N) is 5. The molecule has 0 unspecified atom stereocenters. The Hall–Kier alpha value is -2.74. The van der Waals surface area contributed by atoms with Crippen LogP contribution in [0.1, 0.15) is 34.6 Å². The monoisotopic (exact) mass is 351 g/mol. The number of aromatic nitrogens is 5. The number of likely N-dealkylation sites (tertiary alicyclic amines) is 1. The number of amides is 1. The van der Waals surface area contributed by atoms with Crippen LogP contribution in [0.2, 0.25) is 0 Å². The molecule has 0 saturated carbocycles. The van der Waals surface area contributed by atoms with E-state index in [1.54, 1.807) is 6.33 Å². The molecule has 2 N–H and O–H groups in total. The summed E-state index contributed by atoms with van der Waals surface area (Å²) in [5, 5.41) is 10.7. The lowest BCUT2D eigenvalue weighted by molar-refractivity contribution is 0.0226. The zero-order valence-electron chi connectivity index (χ0n) is 14.7. The second-order valence-corrected chi connectivity index (χ2v) is 7.25. The smallest absolute Gasteiger partial charge is 0.253 e. The first-order valence-corrected chi connectivity index (χ1v) is 9.01. The SMILES string of the molecule is CN1CCc2[nH]cnc2C12CCN(C(=O)c1ccc3n[nH]nc3c1)CC2. The van der Waals surface area contributed by atoms with Crippen molar-refractivity contribution in [3.63, 3.8) is 0 Å². The van der Waals surface area contributed by atoms with Crippen molar-refractivity contribution in [2.75, 3.05) is 26.7 Å². The van der Waals surface area contributed by atoms with Crippen molar-refractivity contribution in [1.29, 1.82) is 0 Å². The molecule has 1 amide bonds. The predicted molar refractivity (Wildman–Crippen MR) is 95.6 cm³/mol. The fraction of sp³-hybridized carbons (Fsp3) is 0.444. The molecule has 26 heavy (non-hydrogen) atoms. The number of H-pyrrole nitrogens is 2. The number of hydrogen-bond acceptors (Lipinski definition) is 5. The lowest BCUT2D eigenvalue weighted by Gasteiger charge is -2.49. The maximum absolute atomic E-state index is 12.9. The van der Waals surface area contributed by atoms with Crippen LogP contribution in [-0.2, 0) is 12.0 Å². The third-order valence-electron chi connectivity index (χ3n) is 6.03. The second-order valence-electron chi connectivity index (χ2n) is 7.25. The van der Waals surface area contributed by atoms with Gasteiger partial charge in [0.1, 0.15) is 11.0 Å². The number of benzene rings is 1. The van der Waals surface area contributed by atoms with Crippen molar-refractivity contribution in [3.05, 3.63) is 41.5 Å². The van der Waals surface area contributed by atoms with Crippen LogP contribution in [0.25, 0.3) is 11.0 Å². The Balaban J connectivity index is 1.38. The van der Waals surface area contributed by atoms with Crippen LogP contribution in [-0.4, -0.2) is 67.8 Å². The van der Waals surface area contributed by atoms with Gasteiger partial charge in [-0.25, -0.2) is 4.98 Å². The first-order chi connectivity index (χ1) is 12.7. The molecule has 0 radical (unpaired) electrons. The Morgan fingerprint density at radius 2 is 1.96 bits per heavy atom. The van der Waals surface area contributed by atoms with Gasteiger partial charge in [0.25, 0.3) is 5.91 Å². The van der Waals surface area contributed by atoms with Crippen molar-refractivity contribution >= 4 is 16.9 Å². The number of carbonyl (C=O) groups excluding carboxylic acids is 1. The molecule has 8 heteroatoms. The summed E-state index contributed by atoms with van der Waals surface area (Å²) < 4.78 is 0. The summed E-state index contributed by atoms with van der Waals surface area (Å²) in [5.74, 6) is 0.0606. The molecule has 1 aromatic carbocycles. The average molecular weight is 351 g/mol. The van der Waals surface area contributed by atoms with E-state index in [1.807, 2.05) is 23.1 Å². The normalized spacial score (nSPS) is 19.8. The van der Waals surface area contributed by atoms with E-state index < -0.39 is 0 Å². The molecule has 0 atom stereocenters. The highest BCUT2D eigenvalue weighted by atomic mass is 16.2. The number of carbonyl (C=O) groups is 1. The number of piperidine rings is 1. The lowest BCUT2D eigenvalue weighted by Crippen LogP contribution is -2.55. The first kappa shape index (κ1) is 15.5. The number of fused-ring (bicyclic) bond motifs is 3. The topological polar surface area (TPSA) is 93.8 Å². The van der Waals surface area contributed by atoms with E-state index in [4.69, 9.17) is 0 Å². The molecule has 1 saturated heterocycles. The minimum Gasteiger partial charge on any atom is -0.348 e. The van der Waals surface area contributed by atoms with Crippen LogP contribution in [0.5, 0.6) is 0 Å². The van der Waals surface area contributed by atoms with Gasteiger partial charge in [-0.15, -0.1) is 0 Å². The van der Waals surface area contributed by atoms with Crippen LogP contribution < -0.4 is 0 Å². The third kappa shape index (κ3) is 2.18. The van der Waals surface area contributed by atoms with Gasteiger partial charge in [-0.1, -0.05) is 0 Å². The van der Waals surface area contributed by atoms with Gasteiger partial charge in [0.2, 0.25) is 0 Å². The van der Waals surface area contributed by atoms with E-state index in [0.29, 0.717) is 5.56 Å². The highest BCUT2D eigenvalue weighted by Gasteiger charge is 2.45. The Bertz CT molecular complexity index is 967. The first-order valence-electron chi connectivity index (χ1n) is 9.01. The molecule has 1 spiro atoms. The summed E-state index contributed by atoms with van der Waals surface area (Å²) in [5.41, 5.74) is 4.52. The predicted octanol–water partition coefficient (Wildman–Crippen LogP) is 1.30. The molecule has 0 bridgehead atoms. The molecule has 8 nitrogen and oxygen atoms in total. The number of hydrogen-bond donors (Lipinski definition) is 2. The van der Waals surface area contributed by atoms with Crippen molar-refractivity contribution in [2.24, 2.45) is 0 Å². The van der Waals surface area contributed by atoms with Crippen LogP contribution in [0, 0.1) is 0 Å². The molecule has 2 aliphatic heterocycles. The maximum Gasteiger partial charge on any atom is 0.253 e. The van der Waals surface area contributed by atoms with E-state index in [2.05, 4.69) is 37.3 Å². The van der Waals surface area contributed by atoms with Gasteiger partial charge in [-0.3, -0.25) is 9.69 Å². The van der Waals surface area contributed by atoms with Crippen molar-refractivity contribution in [3.8, 4) is 0 Å². The Morgan fingerprint density at radius 3 is 2.81 bits per heavy atom. The number of aromatic amines is 2. The Morgan fingerprint density at radius 1 is 1.15 bits per heavy atom. The molecule has 3 aromatic rings. The van der Waals surface area contributed by atoms with Gasteiger partial charge in [0.15, 0.2) is 0 Å². The standard InChI is InChI=1S/C18H21N7O/c1-24-7-4-14-16(20-11-19-14)18(24)5-8-25(9-6-18)17(26)12-2-3-13-15(10-12)22-23-21-13/h2-3,10-11H,4-9H2,1H3,(H,19,20)(H,21,22,23). The Kier molecular flexibility index (Phi) is 3.36. The molecule has 2 aromatic heterocycles. The quantitative estimate of drug-likeness (QED) is 0.689. The van der Waals surface area contributed by atoms with Gasteiger partial charge in [-0.05, 0) is 38.1 Å². The molecule has 0 aliphatic carbocycles. The molecular formula is C18H21N7O. The summed E-state index contributed by atoms with van der Waals surface area (Å²) in [7, 11) is 2.17. The summed E-state index contributed by atoms with van der Waals surface area (Å²) in [6.45, 7) is 2.48. The number of imidazole rings is 1. The van der Waals surface area contributed by atoms with Gasteiger partial charge in [-0.2, -0.15) is 15.4 Å². The van der Waals surface area contributed by atoms with Crippen molar-refractivity contribution in [1.82, 2.24) is 35.2 Å². The lowest BCUT2D eigenvalue weighted by atomic mass is 9.79. The van der Waals surface area contributed by atoms with Gasteiger partial charge >= 0.3 is 0 Å². The minimum absolute atomic E-state index is 0.0551. The average Bonchev–Trinajstić information content (AvgIpc) is 3.34. The zero-order valence-corrected chi connectivity index (χ0v) is 14.7. The molecule has 1 fully saturated rings. The fourth-order valence-electron chi connectivity index (χ4n) is 4.44. The minimum atomic E-state index is -0.0551.